The predicted octanol–water partition coefficient (Wildman–Crippen LogP) is 5.22. The molecule has 4 nitrogen and oxygen atoms in total. The van der Waals surface area contributed by atoms with Crippen molar-refractivity contribution in [2.24, 2.45) is 0 Å². The van der Waals surface area contributed by atoms with Crippen LogP contribution in [0.15, 0.2) is 96.0 Å². The lowest BCUT2D eigenvalue weighted by Gasteiger charge is -2.30. The maximum Gasteiger partial charge on any atom is 0.244 e. The second kappa shape index (κ2) is 7.48. The molecule has 0 spiro atoms. The molecule has 0 N–H and O–H groups in total. The zero-order valence-electron chi connectivity index (χ0n) is 16.9. The van der Waals surface area contributed by atoms with Crippen LogP contribution in [0.3, 0.4) is 0 Å². The molecule has 0 amide bonds. The fourth-order valence-corrected chi connectivity index (χ4v) is 5.79. The summed E-state index contributed by atoms with van der Waals surface area (Å²) in [6.07, 6.45) is 1.95. The van der Waals surface area contributed by atoms with Crippen LogP contribution >= 0.6 is 0 Å². The van der Waals surface area contributed by atoms with Crippen molar-refractivity contribution in [3.8, 4) is 5.69 Å². The number of halogens is 1. The Labute approximate surface area is 181 Å². The summed E-state index contributed by atoms with van der Waals surface area (Å²) in [6, 6.07) is 24.2. The van der Waals surface area contributed by atoms with Crippen molar-refractivity contribution < 1.29 is 12.8 Å². The first-order chi connectivity index (χ1) is 14.9. The molecule has 31 heavy (non-hydrogen) atoms. The highest BCUT2D eigenvalue weighted by molar-refractivity contribution is 7.89. The van der Waals surface area contributed by atoms with Crippen LogP contribution in [-0.4, -0.2) is 17.3 Å². The summed E-state index contributed by atoms with van der Waals surface area (Å²) >= 11 is 0. The van der Waals surface area contributed by atoms with Gasteiger partial charge in [-0.1, -0.05) is 54.1 Å². The first-order valence-corrected chi connectivity index (χ1v) is 11.5. The smallest absolute Gasteiger partial charge is 0.244 e. The molecule has 3 aromatic carbocycles. The highest BCUT2D eigenvalue weighted by Gasteiger charge is 2.38. The SMILES string of the molecule is Cc1ccc([C@H]2c3cccn3-c3ccccc3CN2S(=O)(=O)c2cccc(F)c2)cc1. The molecule has 0 bridgehead atoms. The number of aromatic nitrogens is 1. The molecular formula is C25H21FN2O2S. The molecule has 0 radical (unpaired) electrons. The van der Waals surface area contributed by atoms with E-state index >= 15 is 0 Å². The average molecular weight is 433 g/mol. The van der Waals surface area contributed by atoms with Gasteiger partial charge in [0.05, 0.1) is 10.9 Å². The Bertz CT molecular complexity index is 1360. The minimum absolute atomic E-state index is 0.0536. The number of fused-ring (bicyclic) bond motifs is 3. The van der Waals surface area contributed by atoms with Gasteiger partial charge >= 0.3 is 0 Å². The Balaban J connectivity index is 1.77. The van der Waals surface area contributed by atoms with E-state index in [1.54, 1.807) is 0 Å². The van der Waals surface area contributed by atoms with Crippen LogP contribution < -0.4 is 0 Å². The van der Waals surface area contributed by atoms with Gasteiger partial charge in [-0.2, -0.15) is 4.31 Å². The standard InChI is InChI=1S/C25H21FN2O2S/c1-18-11-13-19(14-12-18)25-24-10-5-15-27(24)23-9-3-2-6-20(23)17-28(25)31(29,30)22-8-4-7-21(26)16-22/h2-16,25H,17H2,1H3/t25-/m0/s1. The first-order valence-electron chi connectivity index (χ1n) is 10.0. The third-order valence-electron chi connectivity index (χ3n) is 5.72. The van der Waals surface area contributed by atoms with Crippen LogP contribution in [-0.2, 0) is 16.6 Å². The number of para-hydroxylation sites is 1. The van der Waals surface area contributed by atoms with Crippen LogP contribution in [0.5, 0.6) is 0 Å². The predicted molar refractivity (Wildman–Crippen MR) is 118 cm³/mol. The van der Waals surface area contributed by atoms with Crippen LogP contribution in [0.25, 0.3) is 5.69 Å². The number of hydrogen-bond donors (Lipinski definition) is 0. The molecule has 0 aliphatic carbocycles. The number of nitrogens with zero attached hydrogens (tertiary/aromatic N) is 2. The topological polar surface area (TPSA) is 42.3 Å². The van der Waals surface area contributed by atoms with Crippen molar-refractivity contribution in [2.75, 3.05) is 0 Å². The van der Waals surface area contributed by atoms with Crippen molar-refractivity contribution in [1.29, 1.82) is 0 Å². The van der Waals surface area contributed by atoms with Crippen molar-refractivity contribution in [3.63, 3.8) is 0 Å². The Morgan fingerprint density at radius 3 is 2.45 bits per heavy atom. The van der Waals surface area contributed by atoms with Gasteiger partial charge in [-0.15, -0.1) is 0 Å². The molecule has 0 saturated heterocycles. The van der Waals surface area contributed by atoms with Gasteiger partial charge in [0.15, 0.2) is 0 Å². The van der Waals surface area contributed by atoms with Gasteiger partial charge in [0.25, 0.3) is 0 Å². The van der Waals surface area contributed by atoms with Crippen molar-refractivity contribution in [2.45, 2.75) is 24.4 Å². The lowest BCUT2D eigenvalue weighted by atomic mass is 10.0. The zero-order valence-corrected chi connectivity index (χ0v) is 17.8. The van der Waals surface area contributed by atoms with E-state index in [9.17, 15) is 12.8 Å². The zero-order chi connectivity index (χ0) is 21.6. The molecule has 1 aromatic heterocycles. The van der Waals surface area contributed by atoms with Crippen molar-refractivity contribution in [3.05, 3.63) is 119 Å². The van der Waals surface area contributed by atoms with E-state index in [-0.39, 0.29) is 11.4 Å². The van der Waals surface area contributed by atoms with Crippen LogP contribution in [0.2, 0.25) is 0 Å². The summed E-state index contributed by atoms with van der Waals surface area (Å²) in [5.74, 6) is -0.577. The number of rotatable bonds is 3. The van der Waals surface area contributed by atoms with Crippen molar-refractivity contribution in [1.82, 2.24) is 8.87 Å². The lowest BCUT2D eigenvalue weighted by molar-refractivity contribution is 0.353. The number of aryl methyl sites for hydroxylation is 1. The van der Waals surface area contributed by atoms with Gasteiger partial charge in [0.1, 0.15) is 5.82 Å². The Morgan fingerprint density at radius 1 is 0.903 bits per heavy atom. The highest BCUT2D eigenvalue weighted by atomic mass is 32.2. The molecule has 0 unspecified atom stereocenters. The fourth-order valence-electron chi connectivity index (χ4n) is 4.19. The van der Waals surface area contributed by atoms with E-state index in [1.807, 2.05) is 78.4 Å². The van der Waals surface area contributed by atoms with Gasteiger partial charge in [0.2, 0.25) is 10.0 Å². The van der Waals surface area contributed by atoms with Gasteiger partial charge in [-0.3, -0.25) is 0 Å². The minimum Gasteiger partial charge on any atom is -0.319 e. The summed E-state index contributed by atoms with van der Waals surface area (Å²) < 4.78 is 45.1. The van der Waals surface area contributed by atoms with Crippen LogP contribution in [0.1, 0.15) is 28.4 Å². The van der Waals surface area contributed by atoms with E-state index in [0.717, 1.165) is 34.1 Å². The summed E-state index contributed by atoms with van der Waals surface area (Å²) in [4.78, 5) is -0.0536. The maximum absolute atomic E-state index is 14.0. The van der Waals surface area contributed by atoms with E-state index in [1.165, 1.54) is 22.5 Å². The molecule has 156 valence electrons. The molecule has 1 aliphatic rings. The molecule has 6 heteroatoms. The van der Waals surface area contributed by atoms with Gasteiger partial charge in [0, 0.05) is 24.1 Å². The quantitative estimate of drug-likeness (QED) is 0.446. The van der Waals surface area contributed by atoms with E-state index in [4.69, 9.17) is 0 Å². The molecular weight excluding hydrogens is 411 g/mol. The van der Waals surface area contributed by atoms with E-state index in [0.29, 0.717) is 0 Å². The largest absolute Gasteiger partial charge is 0.319 e. The monoisotopic (exact) mass is 432 g/mol. The third-order valence-corrected chi connectivity index (χ3v) is 7.53. The molecule has 2 heterocycles. The summed E-state index contributed by atoms with van der Waals surface area (Å²) in [6.45, 7) is 2.17. The highest BCUT2D eigenvalue weighted by Crippen LogP contribution is 2.39. The second-order valence-corrected chi connectivity index (χ2v) is 9.64. The normalized spacial score (nSPS) is 16.4. The maximum atomic E-state index is 14.0. The summed E-state index contributed by atoms with van der Waals surface area (Å²) in [7, 11) is -4.00. The Hall–Kier alpha value is -3.22. The minimum atomic E-state index is -4.00. The second-order valence-electron chi connectivity index (χ2n) is 7.75. The van der Waals surface area contributed by atoms with Crippen LogP contribution in [0.4, 0.5) is 4.39 Å². The molecule has 1 aliphatic heterocycles. The first kappa shape index (κ1) is 19.7. The number of hydrogen-bond acceptors (Lipinski definition) is 2. The lowest BCUT2D eigenvalue weighted by Crippen LogP contribution is -2.34. The van der Waals surface area contributed by atoms with Gasteiger partial charge < -0.3 is 4.57 Å². The van der Waals surface area contributed by atoms with Gasteiger partial charge in [-0.25, -0.2) is 12.8 Å². The fraction of sp³-hybridized carbons (Fsp3) is 0.120. The van der Waals surface area contributed by atoms with Gasteiger partial charge in [-0.05, 0) is 54.4 Å². The van der Waals surface area contributed by atoms with Crippen molar-refractivity contribution >= 4 is 10.0 Å². The summed E-state index contributed by atoms with van der Waals surface area (Å²) in [5.41, 5.74) is 4.62. The molecule has 5 rings (SSSR count). The van der Waals surface area contributed by atoms with E-state index in [2.05, 4.69) is 0 Å². The molecule has 0 fully saturated rings. The number of sulfonamides is 1. The summed E-state index contributed by atoms with van der Waals surface area (Å²) in [5, 5.41) is 0. The Morgan fingerprint density at radius 2 is 1.68 bits per heavy atom. The molecule has 0 saturated carbocycles. The third kappa shape index (κ3) is 3.38. The van der Waals surface area contributed by atoms with E-state index < -0.39 is 21.9 Å². The van der Waals surface area contributed by atoms with Crippen LogP contribution in [0, 0.1) is 12.7 Å². The Kier molecular flexibility index (Phi) is 4.76. The molecule has 1 atom stereocenters. The number of benzene rings is 3. The average Bonchev–Trinajstić information content (AvgIpc) is 3.19. The molecule has 4 aromatic rings.